The van der Waals surface area contributed by atoms with Crippen LogP contribution in [0.3, 0.4) is 0 Å². The van der Waals surface area contributed by atoms with E-state index in [0.29, 0.717) is 5.56 Å². The Balaban J connectivity index is 2.86. The summed E-state index contributed by atoms with van der Waals surface area (Å²) in [7, 11) is 1.37. The average Bonchev–Trinajstić information content (AvgIpc) is 2.21. The molecule has 0 aliphatic rings. The van der Waals surface area contributed by atoms with Gasteiger partial charge in [-0.3, -0.25) is 0 Å². The number of hydrogen-bond acceptors (Lipinski definition) is 2. The van der Waals surface area contributed by atoms with E-state index >= 15 is 0 Å². The van der Waals surface area contributed by atoms with Crippen molar-refractivity contribution in [3.05, 3.63) is 29.6 Å². The molecule has 14 heavy (non-hydrogen) atoms. The van der Waals surface area contributed by atoms with E-state index in [1.54, 1.807) is 6.07 Å². The molecule has 4 heteroatoms. The number of nitrogens with two attached hydrogens (primary N) is 1. The van der Waals surface area contributed by atoms with Gasteiger partial charge in [0, 0.05) is 13.0 Å². The van der Waals surface area contributed by atoms with E-state index in [4.69, 9.17) is 10.5 Å². The first-order valence-electron chi connectivity index (χ1n) is 4.34. The molecule has 2 N–H and O–H groups in total. The Hall–Kier alpha value is -1.16. The van der Waals surface area contributed by atoms with Gasteiger partial charge < -0.3 is 10.5 Å². The lowest BCUT2D eigenvalue weighted by atomic mass is 10.1. The van der Waals surface area contributed by atoms with Crippen molar-refractivity contribution in [2.45, 2.75) is 12.6 Å². The number of rotatable bonds is 4. The summed E-state index contributed by atoms with van der Waals surface area (Å²) >= 11 is 0. The number of hydrogen-bond donors (Lipinski definition) is 1. The highest BCUT2D eigenvalue weighted by molar-refractivity contribution is 5.31. The molecule has 1 atom stereocenters. The van der Waals surface area contributed by atoms with Gasteiger partial charge in [-0.05, 0) is 11.6 Å². The van der Waals surface area contributed by atoms with Crippen LogP contribution in [0.5, 0.6) is 5.75 Å². The molecule has 0 aliphatic heterocycles. The molecule has 1 unspecified atom stereocenters. The smallest absolute Gasteiger partial charge is 0.168 e. The van der Waals surface area contributed by atoms with Gasteiger partial charge in [0.15, 0.2) is 11.6 Å². The molecule has 0 aromatic heterocycles. The largest absolute Gasteiger partial charge is 0.494 e. The highest BCUT2D eigenvalue weighted by atomic mass is 19.1. The lowest BCUT2D eigenvalue weighted by Gasteiger charge is -2.08. The van der Waals surface area contributed by atoms with E-state index in [1.165, 1.54) is 19.2 Å². The SMILES string of the molecule is COc1cccc(CC(F)CN)c1F. The fraction of sp³-hybridized carbons (Fsp3) is 0.400. The quantitative estimate of drug-likeness (QED) is 0.804. The number of ether oxygens (including phenoxy) is 1. The van der Waals surface area contributed by atoms with Crippen LogP contribution < -0.4 is 10.5 Å². The number of alkyl halides is 1. The Kier molecular flexibility index (Phi) is 3.83. The van der Waals surface area contributed by atoms with Crippen molar-refractivity contribution in [1.29, 1.82) is 0 Å². The molecule has 0 fully saturated rings. The zero-order valence-electron chi connectivity index (χ0n) is 7.97. The van der Waals surface area contributed by atoms with Gasteiger partial charge in [-0.1, -0.05) is 12.1 Å². The van der Waals surface area contributed by atoms with Crippen LogP contribution in [0.2, 0.25) is 0 Å². The van der Waals surface area contributed by atoms with Crippen molar-refractivity contribution in [2.75, 3.05) is 13.7 Å². The second-order valence-corrected chi connectivity index (χ2v) is 2.97. The third-order valence-corrected chi connectivity index (χ3v) is 1.96. The maximum atomic E-state index is 13.4. The fourth-order valence-electron chi connectivity index (χ4n) is 1.19. The van der Waals surface area contributed by atoms with Crippen LogP contribution in [0, 0.1) is 5.82 Å². The number of benzene rings is 1. The predicted octanol–water partition coefficient (Wildman–Crippen LogP) is 1.67. The van der Waals surface area contributed by atoms with Crippen molar-refractivity contribution < 1.29 is 13.5 Å². The number of methoxy groups -OCH3 is 1. The maximum Gasteiger partial charge on any atom is 0.168 e. The summed E-state index contributed by atoms with van der Waals surface area (Å²) in [4.78, 5) is 0. The van der Waals surface area contributed by atoms with Gasteiger partial charge in [-0.15, -0.1) is 0 Å². The molecule has 1 aromatic carbocycles. The van der Waals surface area contributed by atoms with Crippen LogP contribution in [0.1, 0.15) is 5.56 Å². The summed E-state index contributed by atoms with van der Waals surface area (Å²) in [6.45, 7) is -0.101. The summed E-state index contributed by atoms with van der Waals surface area (Å²) in [6.07, 6.45) is -1.23. The van der Waals surface area contributed by atoms with Crippen LogP contribution in [0.4, 0.5) is 8.78 Å². The van der Waals surface area contributed by atoms with E-state index in [2.05, 4.69) is 0 Å². The third kappa shape index (κ3) is 2.42. The summed E-state index contributed by atoms with van der Waals surface area (Å²) in [6, 6.07) is 4.65. The topological polar surface area (TPSA) is 35.2 Å². The molecule has 78 valence electrons. The average molecular weight is 201 g/mol. The molecule has 0 aliphatic carbocycles. The van der Waals surface area contributed by atoms with E-state index < -0.39 is 12.0 Å². The van der Waals surface area contributed by atoms with Crippen molar-refractivity contribution >= 4 is 0 Å². The van der Waals surface area contributed by atoms with Crippen molar-refractivity contribution in [3.63, 3.8) is 0 Å². The van der Waals surface area contributed by atoms with Crippen LogP contribution in [0.25, 0.3) is 0 Å². The van der Waals surface area contributed by atoms with Gasteiger partial charge in [-0.25, -0.2) is 8.78 Å². The molecule has 0 heterocycles. The molecule has 0 saturated carbocycles. The first-order chi connectivity index (χ1) is 6.69. The second kappa shape index (κ2) is 4.91. The Labute approximate surface area is 81.7 Å². The van der Waals surface area contributed by atoms with E-state index in [9.17, 15) is 8.78 Å². The molecule has 2 nitrogen and oxygen atoms in total. The van der Waals surface area contributed by atoms with Gasteiger partial charge in [0.05, 0.1) is 7.11 Å². The molecule has 0 radical (unpaired) electrons. The number of halogens is 2. The van der Waals surface area contributed by atoms with Gasteiger partial charge in [0.1, 0.15) is 6.17 Å². The predicted molar refractivity (Wildman–Crippen MR) is 50.6 cm³/mol. The van der Waals surface area contributed by atoms with E-state index in [0.717, 1.165) is 0 Å². The van der Waals surface area contributed by atoms with Gasteiger partial charge in [-0.2, -0.15) is 0 Å². The molecular weight excluding hydrogens is 188 g/mol. The van der Waals surface area contributed by atoms with Crippen LogP contribution >= 0.6 is 0 Å². The van der Waals surface area contributed by atoms with Crippen molar-refractivity contribution in [2.24, 2.45) is 5.73 Å². The lowest BCUT2D eigenvalue weighted by Crippen LogP contribution is -2.18. The summed E-state index contributed by atoms with van der Waals surface area (Å²) in [5.41, 5.74) is 5.41. The highest BCUT2D eigenvalue weighted by Gasteiger charge is 2.12. The molecule has 0 spiro atoms. The summed E-state index contributed by atoms with van der Waals surface area (Å²) < 4.78 is 31.1. The Morgan fingerprint density at radius 1 is 1.50 bits per heavy atom. The highest BCUT2D eigenvalue weighted by Crippen LogP contribution is 2.21. The molecule has 0 saturated heterocycles. The monoisotopic (exact) mass is 201 g/mol. The molecule has 0 bridgehead atoms. The minimum Gasteiger partial charge on any atom is -0.494 e. The van der Waals surface area contributed by atoms with E-state index in [1.807, 2.05) is 0 Å². The maximum absolute atomic E-state index is 13.4. The van der Waals surface area contributed by atoms with Crippen molar-refractivity contribution in [1.82, 2.24) is 0 Å². The van der Waals surface area contributed by atoms with Crippen LogP contribution in [-0.4, -0.2) is 19.8 Å². The van der Waals surface area contributed by atoms with Gasteiger partial charge >= 0.3 is 0 Å². The van der Waals surface area contributed by atoms with E-state index in [-0.39, 0.29) is 18.7 Å². The summed E-state index contributed by atoms with van der Waals surface area (Å²) in [5.74, 6) is -0.377. The lowest BCUT2D eigenvalue weighted by molar-refractivity contribution is 0.332. The minimum absolute atomic E-state index is 0.0144. The van der Waals surface area contributed by atoms with Gasteiger partial charge in [0.2, 0.25) is 0 Å². The Morgan fingerprint density at radius 2 is 2.21 bits per heavy atom. The Bertz CT molecular complexity index is 304. The van der Waals surface area contributed by atoms with Crippen molar-refractivity contribution in [3.8, 4) is 5.75 Å². The Morgan fingerprint density at radius 3 is 2.79 bits per heavy atom. The first-order valence-corrected chi connectivity index (χ1v) is 4.34. The molecule has 1 rings (SSSR count). The second-order valence-electron chi connectivity index (χ2n) is 2.97. The molecule has 1 aromatic rings. The zero-order chi connectivity index (χ0) is 10.6. The minimum atomic E-state index is -1.21. The third-order valence-electron chi connectivity index (χ3n) is 1.96. The normalized spacial score (nSPS) is 12.6. The molecular formula is C10H13F2NO. The standard InChI is InChI=1S/C10H13F2NO/c1-14-9-4-2-3-7(10(9)12)5-8(11)6-13/h2-4,8H,5-6,13H2,1H3. The van der Waals surface area contributed by atoms with Gasteiger partial charge in [0.25, 0.3) is 0 Å². The van der Waals surface area contributed by atoms with Crippen LogP contribution in [0.15, 0.2) is 18.2 Å². The molecule has 0 amide bonds. The zero-order valence-corrected chi connectivity index (χ0v) is 7.97. The van der Waals surface area contributed by atoms with Crippen LogP contribution in [-0.2, 0) is 6.42 Å². The first kappa shape index (κ1) is 10.9. The fourth-order valence-corrected chi connectivity index (χ4v) is 1.19. The summed E-state index contributed by atoms with van der Waals surface area (Å²) in [5, 5.41) is 0.